The molecule has 0 aromatic carbocycles. The first-order valence-corrected chi connectivity index (χ1v) is 4.90. The molecule has 62 valence electrons. The molecule has 0 radical (unpaired) electrons. The van der Waals surface area contributed by atoms with E-state index in [9.17, 15) is 0 Å². The second-order valence-electron chi connectivity index (χ2n) is 2.91. The van der Waals surface area contributed by atoms with Gasteiger partial charge < -0.3 is 0 Å². The number of halogens is 1. The first-order chi connectivity index (χ1) is 5.24. The van der Waals surface area contributed by atoms with E-state index in [0.717, 1.165) is 11.9 Å². The van der Waals surface area contributed by atoms with Crippen LogP contribution in [0.3, 0.4) is 0 Å². The molecule has 2 nitrogen and oxygen atoms in total. The maximum Gasteiger partial charge on any atom is 0.0492 e. The van der Waals surface area contributed by atoms with E-state index in [1.165, 1.54) is 5.69 Å². The lowest BCUT2D eigenvalue weighted by molar-refractivity contribution is 0.482. The molecule has 0 amide bonds. The zero-order valence-corrected chi connectivity index (χ0v) is 8.50. The molecule has 1 aromatic rings. The van der Waals surface area contributed by atoms with Gasteiger partial charge in [-0.25, -0.2) is 0 Å². The number of nitrogens with zero attached hydrogens (tertiary/aromatic N) is 2. The predicted molar refractivity (Wildman–Crippen MR) is 49.9 cm³/mol. The van der Waals surface area contributed by atoms with Crippen molar-refractivity contribution in [1.29, 1.82) is 0 Å². The summed E-state index contributed by atoms with van der Waals surface area (Å²) in [7, 11) is 0. The Balaban J connectivity index is 2.56. The fraction of sp³-hybridized carbons (Fsp3) is 0.625. The summed E-state index contributed by atoms with van der Waals surface area (Å²) in [6, 6.07) is 2.03. The van der Waals surface area contributed by atoms with Gasteiger partial charge in [0.25, 0.3) is 0 Å². The summed E-state index contributed by atoms with van der Waals surface area (Å²) in [6.07, 6.45) is 1.84. The lowest BCUT2D eigenvalue weighted by Crippen LogP contribution is -2.10. The van der Waals surface area contributed by atoms with Crippen LogP contribution in [0.5, 0.6) is 0 Å². The van der Waals surface area contributed by atoms with Crippen LogP contribution in [0.4, 0.5) is 0 Å². The number of aromatic nitrogens is 2. The third-order valence-electron chi connectivity index (χ3n) is 1.68. The second kappa shape index (κ2) is 3.90. The first-order valence-electron chi connectivity index (χ1n) is 3.78. The lowest BCUT2D eigenvalue weighted by Gasteiger charge is -2.08. The van der Waals surface area contributed by atoms with Gasteiger partial charge >= 0.3 is 0 Å². The Bertz CT molecular complexity index is 220. The highest BCUT2D eigenvalue weighted by Gasteiger charge is 2.02. The molecule has 0 spiro atoms. The van der Waals surface area contributed by atoms with Gasteiger partial charge in [-0.2, -0.15) is 5.10 Å². The molecule has 1 rings (SSSR count). The summed E-state index contributed by atoms with van der Waals surface area (Å²) in [5.74, 6) is 0.647. The van der Waals surface area contributed by atoms with Crippen molar-refractivity contribution in [3.05, 3.63) is 18.0 Å². The number of rotatable bonds is 3. The molecular formula is C8H13BrN2. The standard InChI is InChI=1S/C8H13BrN2/c1-7(5-9)6-11-8(2)3-4-10-11/h3-4,7H,5-6H2,1-2H3. The van der Waals surface area contributed by atoms with Crippen molar-refractivity contribution >= 4 is 15.9 Å². The zero-order valence-electron chi connectivity index (χ0n) is 6.92. The molecule has 1 atom stereocenters. The van der Waals surface area contributed by atoms with E-state index >= 15 is 0 Å². The molecule has 1 heterocycles. The summed E-state index contributed by atoms with van der Waals surface area (Å²) < 4.78 is 2.03. The van der Waals surface area contributed by atoms with E-state index in [0.29, 0.717) is 5.92 Å². The van der Waals surface area contributed by atoms with Gasteiger partial charge in [-0.3, -0.25) is 4.68 Å². The topological polar surface area (TPSA) is 17.8 Å². The van der Waals surface area contributed by atoms with E-state index < -0.39 is 0 Å². The Morgan fingerprint density at radius 1 is 1.73 bits per heavy atom. The van der Waals surface area contributed by atoms with Crippen molar-refractivity contribution in [3.8, 4) is 0 Å². The van der Waals surface area contributed by atoms with Gasteiger partial charge in [0.2, 0.25) is 0 Å². The van der Waals surface area contributed by atoms with Crippen molar-refractivity contribution in [2.24, 2.45) is 5.92 Å². The molecule has 0 aliphatic carbocycles. The van der Waals surface area contributed by atoms with E-state index in [1.807, 2.05) is 16.9 Å². The number of aryl methyl sites for hydroxylation is 1. The third kappa shape index (κ3) is 2.33. The smallest absolute Gasteiger partial charge is 0.0492 e. The molecule has 3 heteroatoms. The van der Waals surface area contributed by atoms with Gasteiger partial charge in [0.05, 0.1) is 0 Å². The zero-order chi connectivity index (χ0) is 8.27. The maximum atomic E-state index is 4.20. The Hall–Kier alpha value is -0.310. The Labute approximate surface area is 75.7 Å². The SMILES string of the molecule is Cc1ccnn1CC(C)CBr. The normalized spacial score (nSPS) is 13.4. The van der Waals surface area contributed by atoms with Crippen molar-refractivity contribution in [2.75, 3.05) is 5.33 Å². The molecule has 0 fully saturated rings. The molecule has 0 bridgehead atoms. The van der Waals surface area contributed by atoms with Crippen LogP contribution in [0.25, 0.3) is 0 Å². The van der Waals surface area contributed by atoms with Gasteiger partial charge in [0, 0.05) is 23.8 Å². The minimum Gasteiger partial charge on any atom is -0.270 e. The van der Waals surface area contributed by atoms with Gasteiger partial charge in [0.1, 0.15) is 0 Å². The number of alkyl halides is 1. The largest absolute Gasteiger partial charge is 0.270 e. The summed E-state index contributed by atoms with van der Waals surface area (Å²) in [4.78, 5) is 0. The van der Waals surface area contributed by atoms with E-state index in [2.05, 4.69) is 34.9 Å². The molecule has 1 aromatic heterocycles. The minimum atomic E-state index is 0.647. The highest BCUT2D eigenvalue weighted by molar-refractivity contribution is 9.09. The van der Waals surface area contributed by atoms with Crippen molar-refractivity contribution in [2.45, 2.75) is 20.4 Å². The summed E-state index contributed by atoms with van der Waals surface area (Å²) in [5.41, 5.74) is 1.23. The fourth-order valence-electron chi connectivity index (χ4n) is 0.934. The molecule has 1 unspecified atom stereocenters. The first kappa shape index (κ1) is 8.78. The van der Waals surface area contributed by atoms with Crippen LogP contribution in [0, 0.1) is 12.8 Å². The molecule has 11 heavy (non-hydrogen) atoms. The monoisotopic (exact) mass is 216 g/mol. The van der Waals surface area contributed by atoms with Gasteiger partial charge in [0.15, 0.2) is 0 Å². The van der Waals surface area contributed by atoms with Gasteiger partial charge in [-0.1, -0.05) is 22.9 Å². The molecule has 0 aliphatic rings. The van der Waals surface area contributed by atoms with Crippen molar-refractivity contribution < 1.29 is 0 Å². The summed E-state index contributed by atoms with van der Waals surface area (Å²) >= 11 is 3.44. The van der Waals surface area contributed by atoms with E-state index in [4.69, 9.17) is 0 Å². The van der Waals surface area contributed by atoms with E-state index in [1.54, 1.807) is 0 Å². The van der Waals surface area contributed by atoms with Crippen LogP contribution >= 0.6 is 15.9 Å². The molecular weight excluding hydrogens is 204 g/mol. The van der Waals surface area contributed by atoms with Crippen LogP contribution in [-0.2, 0) is 6.54 Å². The average molecular weight is 217 g/mol. The third-order valence-corrected chi connectivity index (χ3v) is 2.78. The van der Waals surface area contributed by atoms with Crippen LogP contribution in [0.15, 0.2) is 12.3 Å². The molecule has 0 N–H and O–H groups in total. The lowest BCUT2D eigenvalue weighted by atomic mass is 10.2. The second-order valence-corrected chi connectivity index (χ2v) is 3.56. The Morgan fingerprint density at radius 2 is 2.45 bits per heavy atom. The predicted octanol–water partition coefficient (Wildman–Crippen LogP) is 2.22. The maximum absolute atomic E-state index is 4.20. The molecule has 0 saturated carbocycles. The van der Waals surface area contributed by atoms with Gasteiger partial charge in [-0.05, 0) is 18.9 Å². The number of hydrogen-bond acceptors (Lipinski definition) is 1. The van der Waals surface area contributed by atoms with Crippen LogP contribution in [0.2, 0.25) is 0 Å². The van der Waals surface area contributed by atoms with Gasteiger partial charge in [-0.15, -0.1) is 0 Å². The number of hydrogen-bond donors (Lipinski definition) is 0. The molecule has 0 aliphatic heterocycles. The van der Waals surface area contributed by atoms with Crippen molar-refractivity contribution in [3.63, 3.8) is 0 Å². The highest BCUT2D eigenvalue weighted by Crippen LogP contribution is 2.05. The molecule has 0 saturated heterocycles. The quantitative estimate of drug-likeness (QED) is 0.710. The Kier molecular flexibility index (Phi) is 3.12. The average Bonchev–Trinajstić information content (AvgIpc) is 2.37. The highest BCUT2D eigenvalue weighted by atomic mass is 79.9. The van der Waals surface area contributed by atoms with Crippen molar-refractivity contribution in [1.82, 2.24) is 9.78 Å². The minimum absolute atomic E-state index is 0.647. The van der Waals surface area contributed by atoms with Crippen LogP contribution in [0.1, 0.15) is 12.6 Å². The fourth-order valence-corrected chi connectivity index (χ4v) is 1.14. The Morgan fingerprint density at radius 3 is 2.91 bits per heavy atom. The summed E-state index contributed by atoms with van der Waals surface area (Å²) in [6.45, 7) is 5.29. The van der Waals surface area contributed by atoms with Crippen LogP contribution < -0.4 is 0 Å². The van der Waals surface area contributed by atoms with E-state index in [-0.39, 0.29) is 0 Å². The van der Waals surface area contributed by atoms with Crippen LogP contribution in [-0.4, -0.2) is 15.1 Å². The summed E-state index contributed by atoms with van der Waals surface area (Å²) in [5, 5.41) is 5.23.